The molecule has 0 aromatic heterocycles. The molecule has 0 saturated carbocycles. The van der Waals surface area contributed by atoms with E-state index < -0.39 is 6.10 Å². The van der Waals surface area contributed by atoms with Crippen molar-refractivity contribution >= 4 is 11.6 Å². The van der Waals surface area contributed by atoms with Gasteiger partial charge in [0.15, 0.2) is 0 Å². The molecule has 2 aromatic rings. The van der Waals surface area contributed by atoms with Gasteiger partial charge in [-0.25, -0.2) is 4.39 Å². The van der Waals surface area contributed by atoms with Crippen molar-refractivity contribution in [1.82, 2.24) is 0 Å². The summed E-state index contributed by atoms with van der Waals surface area (Å²) in [5, 5.41) is 10.8. The van der Waals surface area contributed by atoms with Gasteiger partial charge in [-0.1, -0.05) is 35.4 Å². The highest BCUT2D eigenvalue weighted by Gasteiger charge is 2.16. The van der Waals surface area contributed by atoms with Gasteiger partial charge >= 0.3 is 0 Å². The summed E-state index contributed by atoms with van der Waals surface area (Å²) in [7, 11) is 0. The summed E-state index contributed by atoms with van der Waals surface area (Å²) in [5.74, 6) is -0.376. The molecule has 1 nitrogen and oxygen atoms in total. The Hall–Kier alpha value is -1.38. The Morgan fingerprint density at radius 2 is 1.70 bits per heavy atom. The normalized spacial score (nSPS) is 12.5. The van der Waals surface area contributed by atoms with E-state index in [2.05, 4.69) is 0 Å². The highest BCUT2D eigenvalue weighted by Crippen LogP contribution is 2.27. The minimum Gasteiger partial charge on any atom is -0.388 e. The molecule has 0 bridgehead atoms. The molecule has 0 heterocycles. The van der Waals surface area contributed by atoms with Crippen LogP contribution < -0.4 is 0 Å². The maximum atomic E-state index is 13.8. The predicted octanol–water partition coefficient (Wildman–Crippen LogP) is 4.68. The third kappa shape index (κ3) is 3.20. The zero-order chi connectivity index (χ0) is 14.9. The first kappa shape index (κ1) is 15.0. The predicted molar refractivity (Wildman–Crippen MR) is 80.7 cm³/mol. The van der Waals surface area contributed by atoms with E-state index in [1.807, 2.05) is 32.9 Å². The summed E-state index contributed by atoms with van der Waals surface area (Å²) >= 11 is 5.74. The van der Waals surface area contributed by atoms with Crippen molar-refractivity contribution in [3.63, 3.8) is 0 Å². The smallest absolute Gasteiger partial charge is 0.127 e. The number of benzene rings is 2. The minimum absolute atomic E-state index is 0.244. The van der Waals surface area contributed by atoms with Crippen LogP contribution in [0.4, 0.5) is 4.39 Å². The molecule has 2 rings (SSSR count). The van der Waals surface area contributed by atoms with Crippen LogP contribution in [0.15, 0.2) is 30.3 Å². The van der Waals surface area contributed by atoms with Crippen LogP contribution in [0, 0.1) is 26.6 Å². The van der Waals surface area contributed by atoms with E-state index in [0.717, 1.165) is 22.3 Å². The first-order valence-corrected chi connectivity index (χ1v) is 6.96. The van der Waals surface area contributed by atoms with Crippen molar-refractivity contribution in [2.75, 3.05) is 0 Å². The summed E-state index contributed by atoms with van der Waals surface area (Å²) in [6, 6.07) is 8.60. The van der Waals surface area contributed by atoms with Gasteiger partial charge in [0.25, 0.3) is 0 Å². The van der Waals surface area contributed by atoms with Gasteiger partial charge in [0, 0.05) is 11.4 Å². The molecule has 1 N–H and O–H groups in total. The van der Waals surface area contributed by atoms with E-state index in [-0.39, 0.29) is 12.2 Å². The summed E-state index contributed by atoms with van der Waals surface area (Å²) in [5.41, 5.74) is 4.58. The van der Waals surface area contributed by atoms with Crippen LogP contribution >= 0.6 is 11.6 Å². The van der Waals surface area contributed by atoms with Crippen LogP contribution in [0.1, 0.15) is 33.9 Å². The van der Waals surface area contributed by atoms with Gasteiger partial charge in [0.1, 0.15) is 5.82 Å². The van der Waals surface area contributed by atoms with E-state index in [0.29, 0.717) is 10.6 Å². The van der Waals surface area contributed by atoms with Crippen molar-refractivity contribution in [1.29, 1.82) is 0 Å². The Morgan fingerprint density at radius 1 is 1.10 bits per heavy atom. The number of hydrogen-bond acceptors (Lipinski definition) is 1. The van der Waals surface area contributed by atoms with Gasteiger partial charge in [0.05, 0.1) is 6.10 Å². The lowest BCUT2D eigenvalue weighted by atomic mass is 9.92. The monoisotopic (exact) mass is 292 g/mol. The lowest BCUT2D eigenvalue weighted by Gasteiger charge is -2.18. The van der Waals surface area contributed by atoms with Gasteiger partial charge in [-0.3, -0.25) is 0 Å². The molecule has 0 aliphatic carbocycles. The lowest BCUT2D eigenvalue weighted by Crippen LogP contribution is -2.08. The molecule has 20 heavy (non-hydrogen) atoms. The highest BCUT2D eigenvalue weighted by molar-refractivity contribution is 6.30. The van der Waals surface area contributed by atoms with Crippen LogP contribution in [0.3, 0.4) is 0 Å². The SMILES string of the molecule is Cc1cc(C)c(C(O)Cc2ccc(Cl)cc2F)c(C)c1. The van der Waals surface area contributed by atoms with E-state index in [9.17, 15) is 9.50 Å². The largest absolute Gasteiger partial charge is 0.388 e. The molecule has 0 fully saturated rings. The molecule has 0 radical (unpaired) electrons. The van der Waals surface area contributed by atoms with Crippen LogP contribution in [-0.2, 0) is 6.42 Å². The number of aliphatic hydroxyl groups is 1. The molecule has 0 amide bonds. The Labute approximate surface area is 124 Å². The maximum Gasteiger partial charge on any atom is 0.127 e. The molecular formula is C17H18ClFO. The zero-order valence-electron chi connectivity index (χ0n) is 11.9. The second-order valence-electron chi connectivity index (χ2n) is 5.27. The Balaban J connectivity index is 2.31. The quantitative estimate of drug-likeness (QED) is 0.871. The van der Waals surface area contributed by atoms with Gasteiger partial charge in [-0.2, -0.15) is 0 Å². The minimum atomic E-state index is -0.716. The summed E-state index contributed by atoms with van der Waals surface area (Å²) in [6.07, 6.45) is -0.473. The Kier molecular flexibility index (Phi) is 4.46. The fourth-order valence-electron chi connectivity index (χ4n) is 2.71. The zero-order valence-corrected chi connectivity index (χ0v) is 12.6. The number of aryl methyl sites for hydroxylation is 3. The lowest BCUT2D eigenvalue weighted by molar-refractivity contribution is 0.175. The van der Waals surface area contributed by atoms with Gasteiger partial charge in [-0.15, -0.1) is 0 Å². The molecular weight excluding hydrogens is 275 g/mol. The number of halogens is 2. The first-order valence-electron chi connectivity index (χ1n) is 6.58. The average Bonchev–Trinajstić information content (AvgIpc) is 2.31. The van der Waals surface area contributed by atoms with Crippen molar-refractivity contribution in [3.05, 3.63) is 69.0 Å². The molecule has 106 valence electrons. The third-order valence-electron chi connectivity index (χ3n) is 3.50. The van der Waals surface area contributed by atoms with Crippen molar-refractivity contribution in [2.24, 2.45) is 0 Å². The average molecular weight is 293 g/mol. The summed E-state index contributed by atoms with van der Waals surface area (Å²) in [4.78, 5) is 0. The number of hydrogen-bond donors (Lipinski definition) is 1. The maximum absolute atomic E-state index is 13.8. The molecule has 1 atom stereocenters. The second-order valence-corrected chi connectivity index (χ2v) is 5.70. The van der Waals surface area contributed by atoms with Crippen LogP contribution in [0.25, 0.3) is 0 Å². The van der Waals surface area contributed by atoms with E-state index >= 15 is 0 Å². The third-order valence-corrected chi connectivity index (χ3v) is 3.73. The molecule has 0 aliphatic heterocycles. The van der Waals surface area contributed by atoms with Crippen molar-refractivity contribution < 1.29 is 9.50 Å². The van der Waals surface area contributed by atoms with Crippen molar-refractivity contribution in [3.8, 4) is 0 Å². The second kappa shape index (κ2) is 5.94. The fraction of sp³-hybridized carbons (Fsp3) is 0.294. The number of rotatable bonds is 3. The molecule has 3 heteroatoms. The van der Waals surface area contributed by atoms with Gasteiger partial charge < -0.3 is 5.11 Å². The van der Waals surface area contributed by atoms with Gasteiger partial charge in [0.2, 0.25) is 0 Å². The van der Waals surface area contributed by atoms with Crippen LogP contribution in [0.2, 0.25) is 5.02 Å². The van der Waals surface area contributed by atoms with Crippen molar-refractivity contribution in [2.45, 2.75) is 33.3 Å². The number of aliphatic hydroxyl groups excluding tert-OH is 1. The Morgan fingerprint density at radius 3 is 2.25 bits per heavy atom. The molecule has 0 spiro atoms. The molecule has 2 aromatic carbocycles. The van der Waals surface area contributed by atoms with Gasteiger partial charge in [-0.05, 0) is 55.2 Å². The van der Waals surface area contributed by atoms with E-state index in [1.54, 1.807) is 12.1 Å². The van der Waals surface area contributed by atoms with E-state index in [4.69, 9.17) is 11.6 Å². The Bertz CT molecular complexity index is 614. The fourth-order valence-corrected chi connectivity index (χ4v) is 2.87. The standard InChI is InChI=1S/C17H18ClFO/c1-10-6-11(2)17(12(3)7-10)16(20)8-13-4-5-14(18)9-15(13)19/h4-7,9,16,20H,8H2,1-3H3. The van der Waals surface area contributed by atoms with Crippen LogP contribution in [-0.4, -0.2) is 5.11 Å². The summed E-state index contributed by atoms with van der Waals surface area (Å²) < 4.78 is 13.8. The van der Waals surface area contributed by atoms with Crippen LogP contribution in [0.5, 0.6) is 0 Å². The molecule has 0 saturated heterocycles. The summed E-state index contributed by atoms with van der Waals surface area (Å²) in [6.45, 7) is 5.96. The molecule has 0 aliphatic rings. The molecule has 1 unspecified atom stereocenters. The van der Waals surface area contributed by atoms with E-state index in [1.165, 1.54) is 6.07 Å². The topological polar surface area (TPSA) is 20.2 Å². The highest BCUT2D eigenvalue weighted by atomic mass is 35.5. The first-order chi connectivity index (χ1) is 9.38.